The van der Waals surface area contributed by atoms with E-state index in [1.165, 1.54) is 0 Å². The van der Waals surface area contributed by atoms with Crippen LogP contribution in [0.2, 0.25) is 10.0 Å². The molecular formula is C20H24Cl2N4O. The SMILES string of the molecule is CCN1CCN(C(=O)c2c(C3CC3)nn(-c3ccc(Cl)c(Cl)c3)c2C)CC1. The largest absolute Gasteiger partial charge is 0.336 e. The molecule has 1 aromatic heterocycles. The highest BCUT2D eigenvalue weighted by atomic mass is 35.5. The van der Waals surface area contributed by atoms with Crippen LogP contribution in [0.25, 0.3) is 5.69 Å². The molecule has 1 saturated heterocycles. The Morgan fingerprint density at radius 1 is 1.15 bits per heavy atom. The zero-order valence-electron chi connectivity index (χ0n) is 15.7. The van der Waals surface area contributed by atoms with Gasteiger partial charge in [0.15, 0.2) is 0 Å². The van der Waals surface area contributed by atoms with Crippen molar-refractivity contribution in [1.82, 2.24) is 19.6 Å². The number of hydrogen-bond acceptors (Lipinski definition) is 3. The lowest BCUT2D eigenvalue weighted by molar-refractivity contribution is 0.0641. The standard InChI is InChI=1S/C20H24Cl2N4O/c1-3-24-8-10-25(11-9-24)20(27)18-13(2)26(23-19(18)14-4-5-14)15-6-7-16(21)17(22)12-15/h6-7,12,14H,3-5,8-11H2,1-2H3. The Hall–Kier alpha value is -1.56. The van der Waals surface area contributed by atoms with Crippen molar-refractivity contribution in [2.75, 3.05) is 32.7 Å². The van der Waals surface area contributed by atoms with E-state index in [1.54, 1.807) is 12.1 Å². The lowest BCUT2D eigenvalue weighted by Crippen LogP contribution is -2.48. The molecule has 2 heterocycles. The van der Waals surface area contributed by atoms with Crippen molar-refractivity contribution in [1.29, 1.82) is 0 Å². The highest BCUT2D eigenvalue weighted by Crippen LogP contribution is 2.42. The average molecular weight is 407 g/mol. The Bertz CT molecular complexity index is 867. The molecule has 4 rings (SSSR count). The Balaban J connectivity index is 1.69. The lowest BCUT2D eigenvalue weighted by atomic mass is 10.1. The molecule has 0 atom stereocenters. The number of amides is 1. The summed E-state index contributed by atoms with van der Waals surface area (Å²) in [6, 6.07) is 5.45. The smallest absolute Gasteiger partial charge is 0.257 e. The summed E-state index contributed by atoms with van der Waals surface area (Å²) < 4.78 is 1.84. The molecule has 0 radical (unpaired) electrons. The van der Waals surface area contributed by atoms with Crippen LogP contribution in [0, 0.1) is 6.92 Å². The molecule has 2 aromatic rings. The number of rotatable bonds is 4. The topological polar surface area (TPSA) is 41.4 Å². The van der Waals surface area contributed by atoms with Gasteiger partial charge in [-0.05, 0) is 44.5 Å². The van der Waals surface area contributed by atoms with Gasteiger partial charge in [-0.3, -0.25) is 4.79 Å². The molecule has 0 N–H and O–H groups in total. The van der Waals surface area contributed by atoms with Crippen LogP contribution in [0.4, 0.5) is 0 Å². The van der Waals surface area contributed by atoms with Crippen molar-refractivity contribution in [2.45, 2.75) is 32.6 Å². The second-order valence-corrected chi connectivity index (χ2v) is 8.17. The third-order valence-corrected chi connectivity index (χ3v) is 6.31. The maximum absolute atomic E-state index is 13.3. The quantitative estimate of drug-likeness (QED) is 0.765. The molecule has 0 spiro atoms. The second kappa shape index (κ2) is 7.46. The van der Waals surface area contributed by atoms with Gasteiger partial charge in [0, 0.05) is 32.1 Å². The van der Waals surface area contributed by atoms with Gasteiger partial charge in [0.25, 0.3) is 5.91 Å². The molecule has 1 aliphatic heterocycles. The van der Waals surface area contributed by atoms with Crippen molar-refractivity contribution in [3.05, 3.63) is 45.2 Å². The summed E-state index contributed by atoms with van der Waals surface area (Å²) in [6.07, 6.45) is 2.20. The summed E-state index contributed by atoms with van der Waals surface area (Å²) in [5.74, 6) is 0.500. The van der Waals surface area contributed by atoms with Crippen LogP contribution in [-0.4, -0.2) is 58.2 Å². The Kier molecular flexibility index (Phi) is 5.19. The molecule has 2 aliphatic rings. The molecule has 1 amide bonds. The van der Waals surface area contributed by atoms with Crippen LogP contribution in [-0.2, 0) is 0 Å². The second-order valence-electron chi connectivity index (χ2n) is 7.36. The van der Waals surface area contributed by atoms with E-state index in [0.717, 1.165) is 68.2 Å². The van der Waals surface area contributed by atoms with Crippen molar-refractivity contribution in [3.8, 4) is 5.69 Å². The van der Waals surface area contributed by atoms with Crippen LogP contribution in [0.5, 0.6) is 0 Å². The van der Waals surface area contributed by atoms with E-state index >= 15 is 0 Å². The van der Waals surface area contributed by atoms with E-state index in [4.69, 9.17) is 28.3 Å². The fraction of sp³-hybridized carbons (Fsp3) is 0.500. The van der Waals surface area contributed by atoms with Crippen LogP contribution >= 0.6 is 23.2 Å². The number of aromatic nitrogens is 2. The van der Waals surface area contributed by atoms with Gasteiger partial charge in [-0.1, -0.05) is 30.1 Å². The van der Waals surface area contributed by atoms with Crippen molar-refractivity contribution in [2.24, 2.45) is 0 Å². The molecule has 7 heteroatoms. The number of benzene rings is 1. The van der Waals surface area contributed by atoms with Gasteiger partial charge in [-0.2, -0.15) is 5.10 Å². The van der Waals surface area contributed by atoms with Gasteiger partial charge in [0.05, 0.1) is 32.7 Å². The van der Waals surface area contributed by atoms with E-state index in [0.29, 0.717) is 16.0 Å². The Morgan fingerprint density at radius 3 is 2.44 bits per heavy atom. The maximum Gasteiger partial charge on any atom is 0.257 e. The molecule has 0 unspecified atom stereocenters. The highest BCUT2D eigenvalue weighted by Gasteiger charge is 2.35. The van der Waals surface area contributed by atoms with Crippen LogP contribution in [0.1, 0.15) is 47.4 Å². The van der Waals surface area contributed by atoms with E-state index in [1.807, 2.05) is 22.6 Å². The first-order valence-corrected chi connectivity index (χ1v) is 10.3. The predicted octanol–water partition coefficient (Wildman–Crippen LogP) is 4.14. The number of halogens is 2. The molecule has 0 bridgehead atoms. The summed E-state index contributed by atoms with van der Waals surface area (Å²) in [5.41, 5.74) is 3.41. The number of carbonyl (C=O) groups excluding carboxylic acids is 1. The van der Waals surface area contributed by atoms with Gasteiger partial charge in [-0.25, -0.2) is 4.68 Å². The summed E-state index contributed by atoms with van der Waals surface area (Å²) in [5, 5.41) is 5.82. The minimum atomic E-state index is 0.108. The average Bonchev–Trinajstić information content (AvgIpc) is 3.47. The number of piperazine rings is 1. The Labute approximate surface area is 169 Å². The van der Waals surface area contributed by atoms with Crippen LogP contribution < -0.4 is 0 Å². The third-order valence-electron chi connectivity index (χ3n) is 5.58. The first kappa shape index (κ1) is 18.8. The summed E-state index contributed by atoms with van der Waals surface area (Å²) >= 11 is 12.3. The fourth-order valence-electron chi connectivity index (χ4n) is 3.72. The van der Waals surface area contributed by atoms with Gasteiger partial charge in [0.1, 0.15) is 0 Å². The van der Waals surface area contributed by atoms with Gasteiger partial charge in [0.2, 0.25) is 0 Å². The minimum absolute atomic E-state index is 0.108. The number of carbonyl (C=O) groups is 1. The zero-order valence-corrected chi connectivity index (χ0v) is 17.2. The minimum Gasteiger partial charge on any atom is -0.336 e. The van der Waals surface area contributed by atoms with Gasteiger partial charge in [-0.15, -0.1) is 0 Å². The third kappa shape index (κ3) is 3.60. The number of likely N-dealkylation sites (N-methyl/N-ethyl adjacent to an activating group) is 1. The van der Waals surface area contributed by atoms with Crippen molar-refractivity contribution in [3.63, 3.8) is 0 Å². The van der Waals surface area contributed by atoms with E-state index < -0.39 is 0 Å². The molecule has 2 fully saturated rings. The zero-order chi connectivity index (χ0) is 19.1. The number of hydrogen-bond donors (Lipinski definition) is 0. The van der Waals surface area contributed by atoms with Crippen LogP contribution in [0.15, 0.2) is 18.2 Å². The molecule has 144 valence electrons. The predicted molar refractivity (Wildman–Crippen MR) is 108 cm³/mol. The highest BCUT2D eigenvalue weighted by molar-refractivity contribution is 6.42. The van der Waals surface area contributed by atoms with Crippen molar-refractivity contribution >= 4 is 29.1 Å². The van der Waals surface area contributed by atoms with E-state index in [9.17, 15) is 4.79 Å². The number of nitrogens with zero attached hydrogens (tertiary/aromatic N) is 4. The first-order chi connectivity index (χ1) is 13.0. The molecule has 1 aromatic carbocycles. The summed E-state index contributed by atoms with van der Waals surface area (Å²) in [7, 11) is 0. The normalized spacial score (nSPS) is 18.1. The molecular weight excluding hydrogens is 383 g/mol. The fourth-order valence-corrected chi connectivity index (χ4v) is 4.02. The maximum atomic E-state index is 13.3. The van der Waals surface area contributed by atoms with E-state index in [2.05, 4.69) is 11.8 Å². The molecule has 27 heavy (non-hydrogen) atoms. The Morgan fingerprint density at radius 2 is 1.85 bits per heavy atom. The van der Waals surface area contributed by atoms with Crippen LogP contribution in [0.3, 0.4) is 0 Å². The molecule has 1 saturated carbocycles. The van der Waals surface area contributed by atoms with Crippen molar-refractivity contribution < 1.29 is 4.79 Å². The molecule has 1 aliphatic carbocycles. The van der Waals surface area contributed by atoms with E-state index in [-0.39, 0.29) is 5.91 Å². The summed E-state index contributed by atoms with van der Waals surface area (Å²) in [6.45, 7) is 8.57. The summed E-state index contributed by atoms with van der Waals surface area (Å²) in [4.78, 5) is 17.7. The molecule has 5 nitrogen and oxygen atoms in total. The van der Waals surface area contributed by atoms with Gasteiger partial charge >= 0.3 is 0 Å². The first-order valence-electron chi connectivity index (χ1n) is 9.56. The lowest BCUT2D eigenvalue weighted by Gasteiger charge is -2.34. The monoisotopic (exact) mass is 406 g/mol. The van der Waals surface area contributed by atoms with Gasteiger partial charge < -0.3 is 9.80 Å².